The van der Waals surface area contributed by atoms with Crippen LogP contribution in [-0.4, -0.2) is 23.6 Å². The summed E-state index contributed by atoms with van der Waals surface area (Å²) in [5.41, 5.74) is 6.98. The van der Waals surface area contributed by atoms with Crippen molar-refractivity contribution in [1.82, 2.24) is 0 Å². The van der Waals surface area contributed by atoms with Crippen LogP contribution in [0, 0.1) is 0 Å². The van der Waals surface area contributed by atoms with Crippen LogP contribution in [0.15, 0.2) is 78.9 Å². The molecule has 178 valence electrons. The zero-order valence-corrected chi connectivity index (χ0v) is 20.7. The molecular weight excluding hydrogens is 444 g/mol. The minimum absolute atomic E-state index is 0.360. The van der Waals surface area contributed by atoms with Gasteiger partial charge in [-0.25, -0.2) is 4.79 Å². The fourth-order valence-corrected chi connectivity index (χ4v) is 4.37. The number of rotatable bonds is 12. The molecule has 0 saturated carbocycles. The second-order valence-corrected chi connectivity index (χ2v) is 8.91. The molecule has 0 saturated heterocycles. The van der Waals surface area contributed by atoms with Gasteiger partial charge in [-0.05, 0) is 64.3 Å². The zero-order valence-electron chi connectivity index (χ0n) is 20.0. The van der Waals surface area contributed by atoms with Gasteiger partial charge in [0.2, 0.25) is 0 Å². The van der Waals surface area contributed by atoms with Crippen LogP contribution in [0.3, 0.4) is 0 Å². The summed E-state index contributed by atoms with van der Waals surface area (Å²) in [6.45, 7) is 4.16. The molecule has 0 aliphatic rings. The van der Waals surface area contributed by atoms with Gasteiger partial charge in [0.1, 0.15) is 5.75 Å². The number of carboxylic acids is 1. The van der Waals surface area contributed by atoms with Crippen molar-refractivity contribution in [3.05, 3.63) is 101 Å². The predicted molar refractivity (Wildman–Crippen MR) is 142 cm³/mol. The Morgan fingerprint density at radius 2 is 1.53 bits per heavy atom. The van der Waals surface area contributed by atoms with Crippen molar-refractivity contribution >= 4 is 28.7 Å². The summed E-state index contributed by atoms with van der Waals surface area (Å²) in [5.74, 6) is 0.582. The smallest absolute Gasteiger partial charge is 0.341 e. The molecule has 0 aromatic heterocycles. The second kappa shape index (κ2) is 13.0. The van der Waals surface area contributed by atoms with Crippen LogP contribution in [0.5, 0.6) is 5.75 Å². The number of hydrogen-bond acceptors (Lipinski definition) is 2. The van der Waals surface area contributed by atoms with Crippen LogP contribution in [0.2, 0.25) is 0 Å². The van der Waals surface area contributed by atoms with Crippen molar-refractivity contribution < 1.29 is 14.6 Å². The molecule has 4 heteroatoms. The number of hydrogen-bond donors (Lipinski definition) is 1. The lowest BCUT2D eigenvalue weighted by Gasteiger charge is -2.18. The summed E-state index contributed by atoms with van der Waals surface area (Å²) >= 11 is 6.27. The van der Waals surface area contributed by atoms with E-state index in [1.54, 1.807) is 0 Å². The molecule has 1 N–H and O–H groups in total. The third kappa shape index (κ3) is 6.98. The summed E-state index contributed by atoms with van der Waals surface area (Å²) in [5, 5.41) is 8.89. The van der Waals surface area contributed by atoms with Crippen molar-refractivity contribution in [3.63, 3.8) is 0 Å². The van der Waals surface area contributed by atoms with Gasteiger partial charge in [0.25, 0.3) is 0 Å². The highest BCUT2D eigenvalue weighted by molar-refractivity contribution is 6.18. The van der Waals surface area contributed by atoms with E-state index < -0.39 is 5.97 Å². The number of benzene rings is 3. The fourth-order valence-electron chi connectivity index (χ4n) is 4.18. The van der Waals surface area contributed by atoms with Gasteiger partial charge in [-0.3, -0.25) is 0 Å². The molecule has 0 radical (unpaired) electrons. The third-order valence-corrected chi connectivity index (χ3v) is 6.22. The Labute approximate surface area is 208 Å². The average Bonchev–Trinajstić information content (AvgIpc) is 2.87. The van der Waals surface area contributed by atoms with Gasteiger partial charge in [-0.2, -0.15) is 0 Å². The molecule has 1 unspecified atom stereocenters. The van der Waals surface area contributed by atoms with Crippen molar-refractivity contribution in [2.24, 2.45) is 0 Å². The number of halogens is 1. The Balaban J connectivity index is 2.06. The minimum Gasteiger partial charge on any atom is -0.482 e. The Morgan fingerprint density at radius 1 is 0.912 bits per heavy atom. The molecular formula is C30H33ClO3. The number of alkyl halides is 1. The Bertz CT molecular complexity index is 1070. The van der Waals surface area contributed by atoms with Gasteiger partial charge in [0, 0.05) is 5.88 Å². The van der Waals surface area contributed by atoms with E-state index in [0.717, 1.165) is 28.7 Å². The van der Waals surface area contributed by atoms with Crippen LogP contribution in [-0.2, 0) is 4.79 Å². The highest BCUT2D eigenvalue weighted by Gasteiger charge is 2.15. The summed E-state index contributed by atoms with van der Waals surface area (Å²) in [4.78, 5) is 10.8. The van der Waals surface area contributed by atoms with Gasteiger partial charge in [0.05, 0.1) is 0 Å². The Hall–Kier alpha value is -3.04. The molecule has 0 aliphatic heterocycles. The molecule has 0 bridgehead atoms. The number of carboxylic acid groups (broad SMARTS) is 1. The molecule has 3 rings (SSSR count). The summed E-state index contributed by atoms with van der Waals surface area (Å²) in [6.07, 6.45) is 4.36. The van der Waals surface area contributed by atoms with Gasteiger partial charge in [-0.1, -0.05) is 93.4 Å². The van der Waals surface area contributed by atoms with Crippen LogP contribution in [0.25, 0.3) is 11.1 Å². The highest BCUT2D eigenvalue weighted by atomic mass is 35.5. The van der Waals surface area contributed by atoms with Crippen LogP contribution >= 0.6 is 11.6 Å². The molecule has 3 aromatic rings. The van der Waals surface area contributed by atoms with Crippen LogP contribution in [0.4, 0.5) is 0 Å². The molecule has 34 heavy (non-hydrogen) atoms. The van der Waals surface area contributed by atoms with E-state index in [9.17, 15) is 4.79 Å². The topological polar surface area (TPSA) is 46.5 Å². The first-order chi connectivity index (χ1) is 16.5. The molecule has 0 fully saturated rings. The van der Waals surface area contributed by atoms with E-state index >= 15 is 0 Å². The maximum Gasteiger partial charge on any atom is 0.341 e. The fraction of sp³-hybridized carbons (Fsp3) is 0.300. The lowest BCUT2D eigenvalue weighted by Crippen LogP contribution is -2.09. The first-order valence-electron chi connectivity index (χ1n) is 11.9. The van der Waals surface area contributed by atoms with Crippen molar-refractivity contribution in [2.75, 3.05) is 12.5 Å². The van der Waals surface area contributed by atoms with E-state index in [-0.39, 0.29) is 6.61 Å². The normalized spacial score (nSPS) is 12.7. The number of carbonyl (C=O) groups is 1. The van der Waals surface area contributed by atoms with E-state index in [1.165, 1.54) is 30.4 Å². The van der Waals surface area contributed by atoms with Crippen molar-refractivity contribution in [3.8, 4) is 5.75 Å². The third-order valence-electron chi connectivity index (χ3n) is 6.03. The molecule has 3 nitrogen and oxygen atoms in total. The first-order valence-corrected chi connectivity index (χ1v) is 12.5. The summed E-state index contributed by atoms with van der Waals surface area (Å²) < 4.78 is 5.34. The Kier molecular flexibility index (Phi) is 9.78. The van der Waals surface area contributed by atoms with E-state index in [1.807, 2.05) is 42.5 Å². The van der Waals surface area contributed by atoms with Gasteiger partial charge in [0.15, 0.2) is 6.61 Å². The van der Waals surface area contributed by atoms with E-state index in [2.05, 4.69) is 50.2 Å². The SMILES string of the molecule is CCCCC(C)c1ccc(/C(=C(\CCCl)c2ccccc2)c2ccc(OCC(=O)O)cc2)cc1. The summed E-state index contributed by atoms with van der Waals surface area (Å²) in [6, 6.07) is 26.9. The Morgan fingerprint density at radius 3 is 2.09 bits per heavy atom. The van der Waals surface area contributed by atoms with Crippen LogP contribution < -0.4 is 4.74 Å². The van der Waals surface area contributed by atoms with Crippen molar-refractivity contribution in [1.29, 1.82) is 0 Å². The average molecular weight is 477 g/mol. The summed E-state index contributed by atoms with van der Waals surface area (Å²) in [7, 11) is 0. The standard InChI is InChI=1S/C30H33ClO3/c1-3-4-8-22(2)23-11-13-25(14-12-23)30(28(19-20-31)24-9-6-5-7-10-24)26-15-17-27(18-16-26)34-21-29(32)33/h5-7,9-18,22H,3-4,8,19-21H2,1-2H3,(H,32,33)/b30-28-. The largest absolute Gasteiger partial charge is 0.482 e. The predicted octanol–water partition coefficient (Wildman–Crippen LogP) is 8.03. The lowest BCUT2D eigenvalue weighted by atomic mass is 9.86. The second-order valence-electron chi connectivity index (χ2n) is 8.53. The number of ether oxygens (including phenoxy) is 1. The number of unbranched alkanes of at least 4 members (excludes halogenated alkanes) is 1. The van der Waals surface area contributed by atoms with Gasteiger partial charge in [-0.15, -0.1) is 11.6 Å². The first kappa shape index (κ1) is 25.6. The molecule has 3 aromatic carbocycles. The van der Waals surface area contributed by atoms with E-state index in [4.69, 9.17) is 21.4 Å². The maximum atomic E-state index is 10.8. The van der Waals surface area contributed by atoms with Gasteiger partial charge < -0.3 is 9.84 Å². The molecule has 0 spiro atoms. The number of allylic oxidation sites excluding steroid dienone is 1. The monoisotopic (exact) mass is 476 g/mol. The molecule has 1 atom stereocenters. The van der Waals surface area contributed by atoms with Crippen LogP contribution in [0.1, 0.15) is 67.7 Å². The zero-order chi connectivity index (χ0) is 24.3. The minimum atomic E-state index is -0.994. The van der Waals surface area contributed by atoms with E-state index in [0.29, 0.717) is 17.5 Å². The quantitative estimate of drug-likeness (QED) is 0.212. The molecule has 0 aliphatic carbocycles. The highest BCUT2D eigenvalue weighted by Crippen LogP contribution is 2.36. The number of aliphatic carboxylic acids is 1. The molecule has 0 heterocycles. The lowest BCUT2D eigenvalue weighted by molar-refractivity contribution is -0.139. The maximum absolute atomic E-state index is 10.8. The van der Waals surface area contributed by atoms with Crippen molar-refractivity contribution in [2.45, 2.75) is 45.4 Å². The van der Waals surface area contributed by atoms with Gasteiger partial charge >= 0.3 is 5.97 Å². The molecule has 0 amide bonds.